The maximum Gasteiger partial charge on any atom is 0.305 e. The molecule has 1 aliphatic heterocycles. The number of carbonyl (C=O) groups is 2. The minimum atomic E-state index is -0.271. The van der Waals surface area contributed by atoms with E-state index >= 15 is 0 Å². The fourth-order valence-corrected chi connectivity index (χ4v) is 2.88. The monoisotopic (exact) mass is 329 g/mol. The van der Waals surface area contributed by atoms with Crippen molar-refractivity contribution in [3.63, 3.8) is 0 Å². The van der Waals surface area contributed by atoms with Crippen LogP contribution in [0.4, 0.5) is 0 Å². The topological polar surface area (TPSA) is 46.6 Å². The Morgan fingerprint density at radius 2 is 1.92 bits per heavy atom. The molecule has 0 N–H and O–H groups in total. The standard InChI is InChI=1S/C20H27NO3/c1-15(2)17-8-6-16(7-9-17)5-4-13-21-14-12-18(20(21)23)10-11-19(22)24-3/h6-9,12,15H,4-5,10-11,13-14H2,1-3H3. The van der Waals surface area contributed by atoms with Gasteiger partial charge in [-0.2, -0.15) is 0 Å². The Morgan fingerprint density at radius 1 is 1.21 bits per heavy atom. The van der Waals surface area contributed by atoms with E-state index in [1.807, 2.05) is 11.0 Å². The lowest BCUT2D eigenvalue weighted by molar-refractivity contribution is -0.140. The number of carbonyl (C=O) groups excluding carboxylic acids is 2. The van der Waals surface area contributed by atoms with Gasteiger partial charge in [-0.1, -0.05) is 44.2 Å². The van der Waals surface area contributed by atoms with Gasteiger partial charge in [0.1, 0.15) is 0 Å². The second-order valence-electron chi connectivity index (χ2n) is 6.56. The van der Waals surface area contributed by atoms with Gasteiger partial charge in [0, 0.05) is 25.1 Å². The van der Waals surface area contributed by atoms with Crippen LogP contribution in [0.5, 0.6) is 0 Å². The van der Waals surface area contributed by atoms with E-state index in [1.165, 1.54) is 18.2 Å². The van der Waals surface area contributed by atoms with Gasteiger partial charge in [-0.3, -0.25) is 9.59 Å². The average Bonchev–Trinajstić information content (AvgIpc) is 2.93. The van der Waals surface area contributed by atoms with Gasteiger partial charge in [0.25, 0.3) is 0 Å². The molecule has 0 saturated heterocycles. The Morgan fingerprint density at radius 3 is 2.54 bits per heavy atom. The van der Waals surface area contributed by atoms with Gasteiger partial charge >= 0.3 is 5.97 Å². The third-order valence-electron chi connectivity index (χ3n) is 4.49. The molecule has 0 aliphatic carbocycles. The zero-order valence-corrected chi connectivity index (χ0v) is 14.9. The van der Waals surface area contributed by atoms with Crippen molar-refractivity contribution in [2.75, 3.05) is 20.2 Å². The first-order valence-electron chi connectivity index (χ1n) is 8.65. The summed E-state index contributed by atoms with van der Waals surface area (Å²) in [5, 5.41) is 0. The lowest BCUT2D eigenvalue weighted by Crippen LogP contribution is -2.28. The predicted molar refractivity (Wildman–Crippen MR) is 94.8 cm³/mol. The van der Waals surface area contributed by atoms with E-state index in [0.717, 1.165) is 25.0 Å². The van der Waals surface area contributed by atoms with Crippen molar-refractivity contribution in [2.24, 2.45) is 0 Å². The number of nitrogens with zero attached hydrogens (tertiary/aromatic N) is 1. The summed E-state index contributed by atoms with van der Waals surface area (Å²) in [6, 6.07) is 8.74. The van der Waals surface area contributed by atoms with Crippen molar-refractivity contribution in [1.29, 1.82) is 0 Å². The Hall–Kier alpha value is -2.10. The quantitative estimate of drug-likeness (QED) is 0.686. The first kappa shape index (κ1) is 18.2. The molecule has 1 heterocycles. The van der Waals surface area contributed by atoms with Crippen LogP contribution in [-0.4, -0.2) is 37.0 Å². The molecule has 0 atom stereocenters. The summed E-state index contributed by atoms with van der Waals surface area (Å²) in [7, 11) is 1.37. The van der Waals surface area contributed by atoms with Crippen molar-refractivity contribution in [2.45, 2.75) is 45.4 Å². The zero-order chi connectivity index (χ0) is 17.5. The van der Waals surface area contributed by atoms with Gasteiger partial charge in [0.15, 0.2) is 0 Å². The Labute approximate surface area is 144 Å². The van der Waals surface area contributed by atoms with Crippen LogP contribution in [0.25, 0.3) is 0 Å². The number of hydrogen-bond acceptors (Lipinski definition) is 3. The highest BCUT2D eigenvalue weighted by Gasteiger charge is 2.23. The Bertz CT molecular complexity index is 602. The number of hydrogen-bond donors (Lipinski definition) is 0. The van der Waals surface area contributed by atoms with Crippen molar-refractivity contribution < 1.29 is 14.3 Å². The highest BCUT2D eigenvalue weighted by atomic mass is 16.5. The number of ether oxygens (including phenoxy) is 1. The van der Waals surface area contributed by atoms with Crippen LogP contribution < -0.4 is 0 Å². The van der Waals surface area contributed by atoms with E-state index in [-0.39, 0.29) is 18.3 Å². The molecule has 0 fully saturated rings. The van der Waals surface area contributed by atoms with Gasteiger partial charge in [0.05, 0.1) is 7.11 Å². The van der Waals surface area contributed by atoms with Crippen molar-refractivity contribution in [3.8, 4) is 0 Å². The Kier molecular flexibility index (Phi) is 6.59. The van der Waals surface area contributed by atoms with Gasteiger partial charge < -0.3 is 9.64 Å². The molecule has 0 saturated carbocycles. The fourth-order valence-electron chi connectivity index (χ4n) is 2.88. The second kappa shape index (κ2) is 8.67. The van der Waals surface area contributed by atoms with Gasteiger partial charge in [0.2, 0.25) is 5.91 Å². The number of methoxy groups -OCH3 is 1. The summed E-state index contributed by atoms with van der Waals surface area (Å²) >= 11 is 0. The minimum absolute atomic E-state index is 0.0639. The molecule has 0 radical (unpaired) electrons. The molecular formula is C20H27NO3. The van der Waals surface area contributed by atoms with E-state index in [1.54, 1.807) is 0 Å². The van der Waals surface area contributed by atoms with Crippen molar-refractivity contribution in [3.05, 3.63) is 47.0 Å². The molecule has 1 aliphatic rings. The number of aryl methyl sites for hydroxylation is 1. The third-order valence-corrected chi connectivity index (χ3v) is 4.49. The third kappa shape index (κ3) is 4.95. The number of esters is 1. The Balaban J connectivity index is 1.73. The second-order valence-corrected chi connectivity index (χ2v) is 6.56. The molecule has 2 rings (SSSR count). The average molecular weight is 329 g/mol. The molecule has 4 heteroatoms. The lowest BCUT2D eigenvalue weighted by atomic mass is 10.0. The molecule has 0 spiro atoms. The predicted octanol–water partition coefficient (Wildman–Crippen LogP) is 3.46. The van der Waals surface area contributed by atoms with Crippen LogP contribution in [0.2, 0.25) is 0 Å². The van der Waals surface area contributed by atoms with Crippen LogP contribution >= 0.6 is 0 Å². The van der Waals surface area contributed by atoms with Crippen LogP contribution in [-0.2, 0) is 20.7 Å². The van der Waals surface area contributed by atoms with Gasteiger partial charge in [-0.05, 0) is 36.3 Å². The highest BCUT2D eigenvalue weighted by molar-refractivity contribution is 5.96. The summed E-state index contributed by atoms with van der Waals surface area (Å²) in [4.78, 5) is 25.3. The molecule has 1 aromatic carbocycles. The van der Waals surface area contributed by atoms with Crippen molar-refractivity contribution in [1.82, 2.24) is 4.90 Å². The van der Waals surface area contributed by atoms with E-state index in [0.29, 0.717) is 18.9 Å². The normalized spacial score (nSPS) is 14.2. The largest absolute Gasteiger partial charge is 0.469 e. The molecule has 24 heavy (non-hydrogen) atoms. The minimum Gasteiger partial charge on any atom is -0.469 e. The van der Waals surface area contributed by atoms with E-state index in [4.69, 9.17) is 0 Å². The lowest BCUT2D eigenvalue weighted by Gasteiger charge is -2.16. The summed E-state index contributed by atoms with van der Waals surface area (Å²) in [5.74, 6) is 0.344. The first-order valence-corrected chi connectivity index (χ1v) is 8.65. The molecular weight excluding hydrogens is 302 g/mol. The van der Waals surface area contributed by atoms with E-state index in [2.05, 4.69) is 42.8 Å². The molecule has 0 bridgehead atoms. The SMILES string of the molecule is COC(=O)CCC1=CCN(CCCc2ccc(C(C)C)cc2)C1=O. The summed E-state index contributed by atoms with van der Waals surface area (Å²) in [6.07, 6.45) is 4.59. The summed E-state index contributed by atoms with van der Waals surface area (Å²) in [5.41, 5.74) is 3.40. The number of benzene rings is 1. The highest BCUT2D eigenvalue weighted by Crippen LogP contribution is 2.18. The smallest absolute Gasteiger partial charge is 0.305 e. The fraction of sp³-hybridized carbons (Fsp3) is 0.500. The van der Waals surface area contributed by atoms with E-state index < -0.39 is 0 Å². The molecule has 0 unspecified atom stereocenters. The molecule has 4 nitrogen and oxygen atoms in total. The number of amides is 1. The maximum absolute atomic E-state index is 12.3. The van der Waals surface area contributed by atoms with Crippen LogP contribution in [0.15, 0.2) is 35.9 Å². The van der Waals surface area contributed by atoms with Crippen LogP contribution in [0, 0.1) is 0 Å². The van der Waals surface area contributed by atoms with Crippen molar-refractivity contribution >= 4 is 11.9 Å². The van der Waals surface area contributed by atoms with Gasteiger partial charge in [-0.25, -0.2) is 0 Å². The molecule has 0 aromatic heterocycles. The molecule has 1 amide bonds. The zero-order valence-electron chi connectivity index (χ0n) is 14.9. The molecule has 130 valence electrons. The van der Waals surface area contributed by atoms with Crippen LogP contribution in [0.1, 0.15) is 50.2 Å². The van der Waals surface area contributed by atoms with Crippen LogP contribution in [0.3, 0.4) is 0 Å². The first-order chi connectivity index (χ1) is 11.5. The number of rotatable bonds is 8. The van der Waals surface area contributed by atoms with E-state index in [9.17, 15) is 9.59 Å². The summed E-state index contributed by atoms with van der Waals surface area (Å²) in [6.45, 7) is 5.79. The summed E-state index contributed by atoms with van der Waals surface area (Å²) < 4.78 is 4.62. The van der Waals surface area contributed by atoms with Gasteiger partial charge in [-0.15, -0.1) is 0 Å². The maximum atomic E-state index is 12.3. The molecule has 1 aromatic rings.